The van der Waals surface area contributed by atoms with Crippen LogP contribution in [0.4, 0.5) is 0 Å². The molecule has 6 nitrogen and oxygen atoms in total. The summed E-state index contributed by atoms with van der Waals surface area (Å²) in [6.45, 7) is 2.13. The Balaban J connectivity index is 1.79. The number of benzene rings is 1. The Morgan fingerprint density at radius 1 is 1.12 bits per heavy atom. The topological polar surface area (TPSA) is 57.2 Å². The van der Waals surface area contributed by atoms with Crippen LogP contribution in [0.5, 0.6) is 5.75 Å². The molecule has 132 valence electrons. The van der Waals surface area contributed by atoms with E-state index in [9.17, 15) is 0 Å². The van der Waals surface area contributed by atoms with Gasteiger partial charge in [0.05, 0.1) is 18.5 Å². The lowest BCUT2D eigenvalue weighted by molar-refractivity contribution is 0.415. The molecule has 1 aliphatic rings. The molecule has 1 aromatic carbocycles. The summed E-state index contributed by atoms with van der Waals surface area (Å²) < 4.78 is 9.78. The van der Waals surface area contributed by atoms with Gasteiger partial charge in [0, 0.05) is 41.1 Å². The molecule has 0 fully saturated rings. The molecule has 3 aromatic heterocycles. The van der Waals surface area contributed by atoms with Crippen molar-refractivity contribution < 1.29 is 4.74 Å². The summed E-state index contributed by atoms with van der Waals surface area (Å²) in [5.41, 5.74) is 6.80. The Hall–Kier alpha value is -2.89. The van der Waals surface area contributed by atoms with Gasteiger partial charge in [-0.1, -0.05) is 0 Å². The van der Waals surface area contributed by atoms with Crippen LogP contribution in [0, 0.1) is 6.92 Å². The van der Waals surface area contributed by atoms with Crippen LogP contribution in [0.1, 0.15) is 29.9 Å². The fraction of sp³-hybridized carbons (Fsp3) is 0.350. The second-order valence-electron chi connectivity index (χ2n) is 7.00. The van der Waals surface area contributed by atoms with Crippen LogP contribution in [0.15, 0.2) is 24.4 Å². The molecule has 0 bridgehead atoms. The number of ether oxygens (including phenoxy) is 1. The van der Waals surface area contributed by atoms with E-state index >= 15 is 0 Å². The van der Waals surface area contributed by atoms with E-state index in [4.69, 9.17) is 9.72 Å². The molecule has 0 atom stereocenters. The summed E-state index contributed by atoms with van der Waals surface area (Å²) in [6, 6.07) is 6.18. The van der Waals surface area contributed by atoms with Crippen molar-refractivity contribution in [2.75, 3.05) is 7.11 Å². The third kappa shape index (κ3) is 2.08. The Morgan fingerprint density at radius 3 is 2.81 bits per heavy atom. The number of imidazole rings is 1. The number of rotatable bonds is 2. The van der Waals surface area contributed by atoms with Crippen LogP contribution in [-0.2, 0) is 19.9 Å². The van der Waals surface area contributed by atoms with Crippen molar-refractivity contribution in [2.24, 2.45) is 7.05 Å². The highest BCUT2D eigenvalue weighted by atomic mass is 16.5. The monoisotopic (exact) mass is 347 g/mol. The van der Waals surface area contributed by atoms with Gasteiger partial charge in [-0.15, -0.1) is 5.10 Å². The van der Waals surface area contributed by atoms with E-state index < -0.39 is 0 Å². The SMILES string of the molecule is COc1ccc2c(c1)c(-c1cn3c4c(nnc3n1)CCCC4)c(C)n2C. The highest BCUT2D eigenvalue weighted by molar-refractivity contribution is 5.98. The van der Waals surface area contributed by atoms with Gasteiger partial charge in [0.25, 0.3) is 5.78 Å². The molecule has 5 rings (SSSR count). The summed E-state index contributed by atoms with van der Waals surface area (Å²) in [4.78, 5) is 4.81. The molecule has 3 heterocycles. The van der Waals surface area contributed by atoms with Gasteiger partial charge in [-0.3, -0.25) is 4.40 Å². The van der Waals surface area contributed by atoms with Gasteiger partial charge in [0.2, 0.25) is 0 Å². The van der Waals surface area contributed by atoms with E-state index in [2.05, 4.69) is 51.5 Å². The molecule has 1 aliphatic carbocycles. The van der Waals surface area contributed by atoms with E-state index in [1.54, 1.807) is 7.11 Å². The first-order chi connectivity index (χ1) is 12.7. The normalized spacial score (nSPS) is 14.1. The predicted octanol–water partition coefficient (Wildman–Crippen LogP) is 3.48. The van der Waals surface area contributed by atoms with Gasteiger partial charge in [0.15, 0.2) is 0 Å². The van der Waals surface area contributed by atoms with Crippen molar-refractivity contribution in [1.82, 2.24) is 24.1 Å². The summed E-state index contributed by atoms with van der Waals surface area (Å²) in [6.07, 6.45) is 6.56. The Labute approximate surface area is 151 Å². The number of aryl methyl sites for hydroxylation is 3. The molecule has 0 aliphatic heterocycles. The minimum Gasteiger partial charge on any atom is -0.497 e. The van der Waals surface area contributed by atoms with Gasteiger partial charge in [-0.05, 0) is 50.8 Å². The predicted molar refractivity (Wildman–Crippen MR) is 101 cm³/mol. The lowest BCUT2D eigenvalue weighted by Crippen LogP contribution is -2.12. The number of hydrogen-bond donors (Lipinski definition) is 0. The number of fused-ring (bicyclic) bond motifs is 4. The molecule has 0 radical (unpaired) electrons. The zero-order valence-corrected chi connectivity index (χ0v) is 15.3. The molecular weight excluding hydrogens is 326 g/mol. The molecule has 0 amide bonds. The van der Waals surface area contributed by atoms with Crippen molar-refractivity contribution in [3.05, 3.63) is 41.5 Å². The minimum atomic E-state index is 0.681. The fourth-order valence-corrected chi connectivity index (χ4v) is 4.11. The van der Waals surface area contributed by atoms with Crippen molar-refractivity contribution in [3.8, 4) is 17.0 Å². The molecule has 0 N–H and O–H groups in total. The van der Waals surface area contributed by atoms with Gasteiger partial charge in [0.1, 0.15) is 5.75 Å². The van der Waals surface area contributed by atoms with E-state index in [0.29, 0.717) is 5.78 Å². The average molecular weight is 347 g/mol. The first-order valence-corrected chi connectivity index (χ1v) is 9.04. The van der Waals surface area contributed by atoms with Crippen molar-refractivity contribution in [2.45, 2.75) is 32.6 Å². The van der Waals surface area contributed by atoms with E-state index in [1.807, 2.05) is 6.07 Å². The Bertz CT molecular complexity index is 1150. The largest absolute Gasteiger partial charge is 0.497 e. The molecule has 26 heavy (non-hydrogen) atoms. The maximum absolute atomic E-state index is 5.44. The van der Waals surface area contributed by atoms with E-state index in [0.717, 1.165) is 40.9 Å². The van der Waals surface area contributed by atoms with Gasteiger partial charge in [-0.25, -0.2) is 4.98 Å². The highest BCUT2D eigenvalue weighted by Gasteiger charge is 2.20. The maximum Gasteiger partial charge on any atom is 0.254 e. The summed E-state index contributed by atoms with van der Waals surface area (Å²) >= 11 is 0. The molecule has 0 spiro atoms. The van der Waals surface area contributed by atoms with Crippen molar-refractivity contribution >= 4 is 16.7 Å². The van der Waals surface area contributed by atoms with Gasteiger partial charge in [-0.2, -0.15) is 5.10 Å². The number of hydrogen-bond acceptors (Lipinski definition) is 4. The van der Waals surface area contributed by atoms with Crippen LogP contribution in [0.2, 0.25) is 0 Å². The van der Waals surface area contributed by atoms with Crippen LogP contribution < -0.4 is 4.74 Å². The minimum absolute atomic E-state index is 0.681. The highest BCUT2D eigenvalue weighted by Crippen LogP contribution is 2.36. The molecule has 0 saturated heterocycles. The maximum atomic E-state index is 5.44. The molecule has 0 saturated carbocycles. The van der Waals surface area contributed by atoms with Crippen LogP contribution >= 0.6 is 0 Å². The average Bonchev–Trinajstić information content (AvgIpc) is 3.21. The zero-order chi connectivity index (χ0) is 17.8. The zero-order valence-electron chi connectivity index (χ0n) is 15.3. The second kappa shape index (κ2) is 5.56. The molecule has 4 aromatic rings. The van der Waals surface area contributed by atoms with E-state index in [-0.39, 0.29) is 0 Å². The smallest absolute Gasteiger partial charge is 0.254 e. The third-order valence-corrected chi connectivity index (χ3v) is 5.60. The summed E-state index contributed by atoms with van der Waals surface area (Å²) in [7, 11) is 3.79. The van der Waals surface area contributed by atoms with Crippen LogP contribution in [0.3, 0.4) is 0 Å². The molecule has 0 unspecified atom stereocenters. The lowest BCUT2D eigenvalue weighted by Gasteiger charge is -2.14. The second-order valence-corrected chi connectivity index (χ2v) is 7.00. The van der Waals surface area contributed by atoms with Gasteiger partial charge < -0.3 is 9.30 Å². The summed E-state index contributed by atoms with van der Waals surface area (Å²) in [5, 5.41) is 9.92. The number of nitrogens with zero attached hydrogens (tertiary/aromatic N) is 5. The quantitative estimate of drug-likeness (QED) is 0.557. The third-order valence-electron chi connectivity index (χ3n) is 5.60. The van der Waals surface area contributed by atoms with Crippen LogP contribution in [-0.4, -0.2) is 31.3 Å². The standard InChI is InChI=1S/C20H21N5O/c1-12-19(14-10-13(26-3)8-9-17(14)24(12)2)16-11-25-18-7-5-4-6-15(18)22-23-20(25)21-16/h8-11H,4-7H2,1-3H3. The van der Waals surface area contributed by atoms with Crippen LogP contribution in [0.25, 0.3) is 27.9 Å². The van der Waals surface area contributed by atoms with Crippen molar-refractivity contribution in [3.63, 3.8) is 0 Å². The first-order valence-electron chi connectivity index (χ1n) is 9.04. The summed E-state index contributed by atoms with van der Waals surface area (Å²) in [5.74, 6) is 1.53. The first kappa shape index (κ1) is 15.4. The Kier molecular flexibility index (Phi) is 3.29. The van der Waals surface area contributed by atoms with Crippen molar-refractivity contribution in [1.29, 1.82) is 0 Å². The fourth-order valence-electron chi connectivity index (χ4n) is 4.11. The Morgan fingerprint density at radius 2 is 1.96 bits per heavy atom. The lowest BCUT2D eigenvalue weighted by atomic mass is 10.0. The van der Waals surface area contributed by atoms with Gasteiger partial charge >= 0.3 is 0 Å². The number of methoxy groups -OCH3 is 1. The molecular formula is C20H21N5O. The molecule has 6 heteroatoms. The number of aromatic nitrogens is 5. The van der Waals surface area contributed by atoms with E-state index in [1.165, 1.54) is 29.7 Å².